The van der Waals surface area contributed by atoms with Crippen molar-refractivity contribution < 1.29 is 13.2 Å². The van der Waals surface area contributed by atoms with E-state index in [1.54, 1.807) is 0 Å². The normalized spacial score (nSPS) is 41.8. The summed E-state index contributed by atoms with van der Waals surface area (Å²) in [6, 6.07) is 0. The first kappa shape index (κ1) is 23.4. The van der Waals surface area contributed by atoms with Gasteiger partial charge < -0.3 is 0 Å². The third-order valence-corrected chi connectivity index (χ3v) is 10.5. The Morgan fingerprint density at radius 2 is 1.17 bits per heavy atom. The SMILES string of the molecule is FC1=C(F)C(C2CCC(CCC3CCC(I)C(F)C3)CC2)CCC1C1CCCCC1. The minimum atomic E-state index is -0.617. The largest absolute Gasteiger partial charge is 0.246 e. The second-order valence-electron chi connectivity index (χ2n) is 11.0. The van der Waals surface area contributed by atoms with Gasteiger partial charge >= 0.3 is 0 Å². The Bertz CT molecular complexity index is 577. The van der Waals surface area contributed by atoms with Crippen LogP contribution in [0.4, 0.5) is 13.2 Å². The van der Waals surface area contributed by atoms with Crippen LogP contribution in [0.3, 0.4) is 0 Å². The van der Waals surface area contributed by atoms with Gasteiger partial charge in [0.15, 0.2) is 0 Å². The lowest BCUT2D eigenvalue weighted by Gasteiger charge is -2.39. The first-order valence-corrected chi connectivity index (χ1v) is 14.1. The molecular formula is C26H40F3I. The van der Waals surface area contributed by atoms with Crippen LogP contribution in [-0.4, -0.2) is 10.1 Å². The van der Waals surface area contributed by atoms with E-state index in [0.717, 1.165) is 70.6 Å². The summed E-state index contributed by atoms with van der Waals surface area (Å²) in [5.74, 6) is 0.973. The fourth-order valence-electron chi connectivity index (χ4n) is 7.16. The monoisotopic (exact) mass is 536 g/mol. The second kappa shape index (κ2) is 10.9. The van der Waals surface area contributed by atoms with Crippen molar-refractivity contribution in [3.8, 4) is 0 Å². The Morgan fingerprint density at radius 1 is 0.633 bits per heavy atom. The third-order valence-electron chi connectivity index (χ3n) is 9.13. The molecule has 172 valence electrons. The Morgan fingerprint density at radius 3 is 1.77 bits per heavy atom. The highest BCUT2D eigenvalue weighted by Gasteiger charge is 2.40. The highest BCUT2D eigenvalue weighted by Crippen LogP contribution is 2.49. The van der Waals surface area contributed by atoms with Crippen molar-refractivity contribution in [1.29, 1.82) is 0 Å². The molecule has 4 rings (SSSR count). The molecule has 4 aliphatic rings. The number of allylic oxidation sites excluding steroid dienone is 2. The predicted molar refractivity (Wildman–Crippen MR) is 127 cm³/mol. The second-order valence-corrected chi connectivity index (χ2v) is 12.6. The van der Waals surface area contributed by atoms with Gasteiger partial charge in [-0.2, -0.15) is 0 Å². The summed E-state index contributed by atoms with van der Waals surface area (Å²) >= 11 is 2.27. The lowest BCUT2D eigenvalue weighted by Crippen LogP contribution is -2.30. The van der Waals surface area contributed by atoms with Gasteiger partial charge in [0.05, 0.1) is 0 Å². The summed E-state index contributed by atoms with van der Waals surface area (Å²) in [7, 11) is 0. The standard InChI is InChI=1S/C26H40F3I/c27-23-16-18(10-15-24(23)30)7-6-17-8-11-20(12-9-17)22-14-13-21(25(28)26(22)29)19-4-2-1-3-5-19/h17-24H,1-16H2. The molecule has 0 aromatic heterocycles. The maximum absolute atomic E-state index is 15.1. The highest BCUT2D eigenvalue weighted by atomic mass is 127. The van der Waals surface area contributed by atoms with E-state index in [1.165, 1.54) is 32.1 Å². The van der Waals surface area contributed by atoms with Crippen LogP contribution >= 0.6 is 22.6 Å². The van der Waals surface area contributed by atoms with Gasteiger partial charge in [-0.15, -0.1) is 0 Å². The molecule has 0 amide bonds. The molecule has 0 radical (unpaired) electrons. The third kappa shape index (κ3) is 5.60. The van der Waals surface area contributed by atoms with Gasteiger partial charge in [-0.25, -0.2) is 13.2 Å². The lowest BCUT2D eigenvalue weighted by molar-refractivity contribution is 0.135. The molecule has 0 bridgehead atoms. The van der Waals surface area contributed by atoms with Gasteiger partial charge in [0.1, 0.15) is 17.8 Å². The van der Waals surface area contributed by atoms with E-state index < -0.39 is 6.17 Å². The summed E-state index contributed by atoms with van der Waals surface area (Å²) in [5, 5.41) is 0. The summed E-state index contributed by atoms with van der Waals surface area (Å²) in [6.07, 6.45) is 16.7. The molecule has 4 heteroatoms. The molecular weight excluding hydrogens is 496 g/mol. The number of alkyl halides is 2. The van der Waals surface area contributed by atoms with Crippen molar-refractivity contribution in [3.63, 3.8) is 0 Å². The van der Waals surface area contributed by atoms with Crippen LogP contribution in [0.1, 0.15) is 103 Å². The van der Waals surface area contributed by atoms with Crippen molar-refractivity contribution in [3.05, 3.63) is 11.7 Å². The van der Waals surface area contributed by atoms with Crippen molar-refractivity contribution in [2.45, 2.75) is 113 Å². The van der Waals surface area contributed by atoms with Gasteiger partial charge in [-0.05, 0) is 81.5 Å². The van der Waals surface area contributed by atoms with E-state index >= 15 is 4.39 Å². The van der Waals surface area contributed by atoms with Gasteiger partial charge in [-0.1, -0.05) is 67.5 Å². The van der Waals surface area contributed by atoms with Crippen LogP contribution < -0.4 is 0 Å². The molecule has 0 heterocycles. The average molecular weight is 537 g/mol. The van der Waals surface area contributed by atoms with Gasteiger partial charge in [0, 0.05) is 15.8 Å². The van der Waals surface area contributed by atoms with E-state index in [-0.39, 0.29) is 27.4 Å². The minimum absolute atomic E-state index is 0.130. The number of hydrogen-bond donors (Lipinski definition) is 0. The van der Waals surface area contributed by atoms with E-state index in [1.807, 2.05) is 0 Å². The number of halogens is 4. The minimum Gasteiger partial charge on any atom is -0.246 e. The Balaban J connectivity index is 1.23. The zero-order valence-corrected chi connectivity index (χ0v) is 20.6. The fourth-order valence-corrected chi connectivity index (χ4v) is 7.81. The zero-order valence-electron chi connectivity index (χ0n) is 18.4. The molecule has 0 aromatic carbocycles. The maximum Gasteiger partial charge on any atom is 0.135 e. The first-order valence-electron chi connectivity index (χ1n) is 12.9. The van der Waals surface area contributed by atoms with Crippen LogP contribution in [0.25, 0.3) is 0 Å². The van der Waals surface area contributed by atoms with E-state index in [9.17, 15) is 8.78 Å². The van der Waals surface area contributed by atoms with E-state index in [2.05, 4.69) is 22.6 Å². The smallest absolute Gasteiger partial charge is 0.135 e. The molecule has 5 atom stereocenters. The van der Waals surface area contributed by atoms with Crippen LogP contribution in [0, 0.1) is 35.5 Å². The molecule has 0 spiro atoms. The summed E-state index contributed by atoms with van der Waals surface area (Å²) < 4.78 is 44.2. The molecule has 0 aliphatic heterocycles. The summed E-state index contributed by atoms with van der Waals surface area (Å²) in [5.41, 5.74) is 0. The fraction of sp³-hybridized carbons (Fsp3) is 0.923. The average Bonchev–Trinajstić information content (AvgIpc) is 2.77. The maximum atomic E-state index is 15.1. The Labute approximate surface area is 195 Å². The van der Waals surface area contributed by atoms with Crippen molar-refractivity contribution in [1.82, 2.24) is 0 Å². The molecule has 30 heavy (non-hydrogen) atoms. The molecule has 4 aliphatic carbocycles. The van der Waals surface area contributed by atoms with Crippen LogP contribution in [-0.2, 0) is 0 Å². The van der Waals surface area contributed by atoms with Crippen molar-refractivity contribution >= 4 is 22.6 Å². The lowest BCUT2D eigenvalue weighted by atomic mass is 9.67. The Kier molecular flexibility index (Phi) is 8.52. The topological polar surface area (TPSA) is 0 Å². The molecule has 5 unspecified atom stereocenters. The summed E-state index contributed by atoms with van der Waals surface area (Å²) in [4.78, 5) is 0. The van der Waals surface area contributed by atoms with E-state index in [0.29, 0.717) is 23.7 Å². The highest BCUT2D eigenvalue weighted by molar-refractivity contribution is 14.1. The molecule has 3 saturated carbocycles. The van der Waals surface area contributed by atoms with Crippen molar-refractivity contribution in [2.24, 2.45) is 35.5 Å². The number of hydrogen-bond acceptors (Lipinski definition) is 0. The summed E-state index contributed by atoms with van der Waals surface area (Å²) in [6.45, 7) is 0. The first-order chi connectivity index (χ1) is 14.5. The van der Waals surface area contributed by atoms with E-state index in [4.69, 9.17) is 0 Å². The van der Waals surface area contributed by atoms with Gasteiger partial charge in [0.25, 0.3) is 0 Å². The molecule has 0 aromatic rings. The van der Waals surface area contributed by atoms with Crippen LogP contribution in [0.5, 0.6) is 0 Å². The molecule has 0 saturated heterocycles. The molecule has 3 fully saturated rings. The van der Waals surface area contributed by atoms with Gasteiger partial charge in [0.2, 0.25) is 0 Å². The van der Waals surface area contributed by atoms with Crippen LogP contribution in [0.15, 0.2) is 11.7 Å². The zero-order chi connectivity index (χ0) is 21.1. The van der Waals surface area contributed by atoms with Crippen LogP contribution in [0.2, 0.25) is 0 Å². The quantitative estimate of drug-likeness (QED) is 0.243. The number of rotatable bonds is 5. The Hall–Kier alpha value is 0.260. The molecule has 0 N–H and O–H groups in total. The predicted octanol–water partition coefficient (Wildman–Crippen LogP) is 9.27. The van der Waals surface area contributed by atoms with Gasteiger partial charge in [-0.3, -0.25) is 0 Å². The molecule has 0 nitrogen and oxygen atoms in total. The van der Waals surface area contributed by atoms with Crippen molar-refractivity contribution in [2.75, 3.05) is 0 Å².